The number of aromatic nitrogens is 2. The molecular weight excluding hydrogens is 399 g/mol. The van der Waals surface area contributed by atoms with Crippen LogP contribution in [0, 0.1) is 0 Å². The third kappa shape index (κ3) is 3.25. The molecule has 4 rings (SSSR count). The number of sulfonamides is 1. The van der Waals surface area contributed by atoms with Gasteiger partial charge in [-0.1, -0.05) is 16.8 Å². The molecule has 0 spiro atoms. The average molecular weight is 419 g/mol. The number of halogens is 2. The predicted molar refractivity (Wildman–Crippen MR) is 99.7 cm³/mol. The van der Waals surface area contributed by atoms with Crippen molar-refractivity contribution in [3.05, 3.63) is 29.0 Å². The van der Waals surface area contributed by atoms with Gasteiger partial charge in [-0.05, 0) is 50.3 Å². The van der Waals surface area contributed by atoms with Gasteiger partial charge in [-0.15, -0.1) is 12.4 Å². The van der Waals surface area contributed by atoms with E-state index < -0.39 is 15.6 Å². The summed E-state index contributed by atoms with van der Waals surface area (Å²) in [6, 6.07) is 4.72. The number of nitrogens with zero attached hydrogens (tertiary/aromatic N) is 3. The lowest BCUT2D eigenvalue weighted by atomic mass is 9.77. The maximum Gasteiger partial charge on any atom is 0.258 e. The first kappa shape index (κ1) is 19.6. The fraction of sp³-hybridized carbons (Fsp3) is 0.500. The van der Waals surface area contributed by atoms with Crippen LogP contribution >= 0.6 is 24.0 Å². The van der Waals surface area contributed by atoms with E-state index in [1.54, 1.807) is 12.1 Å². The molecule has 2 N–H and O–H groups in total. The molecule has 26 heavy (non-hydrogen) atoms. The van der Waals surface area contributed by atoms with Crippen LogP contribution in [0.2, 0.25) is 5.02 Å². The first-order valence-electron chi connectivity index (χ1n) is 8.33. The Balaban J connectivity index is 0.00000196. The predicted octanol–water partition coefficient (Wildman–Crippen LogP) is 2.93. The number of rotatable bonds is 4. The van der Waals surface area contributed by atoms with Crippen molar-refractivity contribution in [2.24, 2.45) is 5.73 Å². The maximum absolute atomic E-state index is 12.8. The molecule has 2 aromatic rings. The second-order valence-electron chi connectivity index (χ2n) is 6.69. The Morgan fingerprint density at radius 1 is 1.19 bits per heavy atom. The topological polar surface area (TPSA) is 102 Å². The molecule has 1 saturated carbocycles. The molecule has 0 bridgehead atoms. The molecule has 1 saturated heterocycles. The fourth-order valence-corrected chi connectivity index (χ4v) is 5.24. The Morgan fingerprint density at radius 3 is 2.50 bits per heavy atom. The van der Waals surface area contributed by atoms with Gasteiger partial charge >= 0.3 is 0 Å². The molecular formula is C16H20Cl2N4O3S. The molecule has 2 fully saturated rings. The van der Waals surface area contributed by atoms with Crippen molar-refractivity contribution in [2.75, 3.05) is 13.1 Å². The first-order valence-corrected chi connectivity index (χ1v) is 10.2. The van der Waals surface area contributed by atoms with Crippen LogP contribution in [-0.2, 0) is 15.6 Å². The van der Waals surface area contributed by atoms with E-state index in [0.29, 0.717) is 24.5 Å². The van der Waals surface area contributed by atoms with Gasteiger partial charge in [0.15, 0.2) is 5.82 Å². The van der Waals surface area contributed by atoms with Gasteiger partial charge in [0.2, 0.25) is 10.0 Å². The number of nitrogens with two attached hydrogens (primary N) is 1. The van der Waals surface area contributed by atoms with E-state index in [1.807, 2.05) is 0 Å². The molecule has 10 heteroatoms. The summed E-state index contributed by atoms with van der Waals surface area (Å²) in [7, 11) is -3.63. The van der Waals surface area contributed by atoms with E-state index in [4.69, 9.17) is 21.9 Å². The maximum atomic E-state index is 12.8. The van der Waals surface area contributed by atoms with Gasteiger partial charge in [0.1, 0.15) is 4.90 Å². The van der Waals surface area contributed by atoms with Gasteiger partial charge in [0.25, 0.3) is 5.89 Å². The molecule has 0 atom stereocenters. The smallest absolute Gasteiger partial charge is 0.258 e. The number of benzene rings is 1. The molecule has 2 heterocycles. The van der Waals surface area contributed by atoms with Gasteiger partial charge in [0, 0.05) is 18.7 Å². The lowest BCUT2D eigenvalue weighted by Crippen LogP contribution is -2.44. The molecule has 0 radical (unpaired) electrons. The van der Waals surface area contributed by atoms with Crippen molar-refractivity contribution in [1.82, 2.24) is 14.4 Å². The molecule has 7 nitrogen and oxygen atoms in total. The van der Waals surface area contributed by atoms with Crippen molar-refractivity contribution >= 4 is 34.0 Å². The zero-order chi connectivity index (χ0) is 17.7. The third-order valence-corrected chi connectivity index (χ3v) is 7.36. The van der Waals surface area contributed by atoms with E-state index in [2.05, 4.69) is 10.1 Å². The second-order valence-corrected chi connectivity index (χ2v) is 9.00. The Morgan fingerprint density at radius 2 is 1.88 bits per heavy atom. The summed E-state index contributed by atoms with van der Waals surface area (Å²) in [6.45, 7) is 1.03. The quantitative estimate of drug-likeness (QED) is 0.818. The van der Waals surface area contributed by atoms with Crippen LogP contribution < -0.4 is 5.73 Å². The van der Waals surface area contributed by atoms with Crippen LogP contribution in [0.1, 0.15) is 37.9 Å². The van der Waals surface area contributed by atoms with E-state index in [1.165, 1.54) is 10.4 Å². The van der Waals surface area contributed by atoms with Crippen molar-refractivity contribution < 1.29 is 12.9 Å². The summed E-state index contributed by atoms with van der Waals surface area (Å²) in [6.07, 6.45) is 4.41. The lowest BCUT2D eigenvalue weighted by Gasteiger charge is -2.34. The minimum absolute atomic E-state index is 0. The number of hydrogen-bond acceptors (Lipinski definition) is 6. The molecule has 1 aromatic carbocycles. The average Bonchev–Trinajstić information content (AvgIpc) is 3.25. The third-order valence-electron chi connectivity index (χ3n) is 4.98. The molecule has 142 valence electrons. The van der Waals surface area contributed by atoms with Crippen molar-refractivity contribution in [3.8, 4) is 11.5 Å². The Labute approximate surface area is 163 Å². The monoisotopic (exact) mass is 418 g/mol. The SMILES string of the molecule is Cl.NC1(c2noc(-c3ccc(Cl)c(S(=O)(=O)N4CCCC4)c3)n2)CCC1. The highest BCUT2D eigenvalue weighted by molar-refractivity contribution is 7.89. The van der Waals surface area contributed by atoms with Crippen molar-refractivity contribution in [3.63, 3.8) is 0 Å². The van der Waals surface area contributed by atoms with Gasteiger partial charge < -0.3 is 10.3 Å². The van der Waals surface area contributed by atoms with Gasteiger partial charge in [-0.25, -0.2) is 8.42 Å². The van der Waals surface area contributed by atoms with E-state index in [0.717, 1.165) is 32.1 Å². The first-order chi connectivity index (χ1) is 11.9. The summed E-state index contributed by atoms with van der Waals surface area (Å²) >= 11 is 6.16. The molecule has 1 aliphatic carbocycles. The summed E-state index contributed by atoms with van der Waals surface area (Å²) < 4.78 is 32.4. The van der Waals surface area contributed by atoms with Crippen LogP contribution in [0.15, 0.2) is 27.6 Å². The second kappa shape index (κ2) is 7.09. The summed E-state index contributed by atoms with van der Waals surface area (Å²) in [5.41, 5.74) is 6.20. The van der Waals surface area contributed by atoms with Crippen LogP contribution in [0.25, 0.3) is 11.5 Å². The largest absolute Gasteiger partial charge is 0.334 e. The summed E-state index contributed by atoms with van der Waals surface area (Å²) in [5.74, 6) is 0.717. The minimum atomic E-state index is -3.63. The van der Waals surface area contributed by atoms with E-state index in [-0.39, 0.29) is 28.2 Å². The Hall–Kier alpha value is -1.19. The van der Waals surface area contributed by atoms with Crippen LogP contribution in [0.5, 0.6) is 0 Å². The Bertz CT molecular complexity index is 906. The zero-order valence-corrected chi connectivity index (χ0v) is 16.4. The van der Waals surface area contributed by atoms with Crippen LogP contribution in [0.3, 0.4) is 0 Å². The van der Waals surface area contributed by atoms with E-state index >= 15 is 0 Å². The van der Waals surface area contributed by atoms with Gasteiger partial charge in [0.05, 0.1) is 10.6 Å². The molecule has 1 aromatic heterocycles. The minimum Gasteiger partial charge on any atom is -0.334 e. The van der Waals surface area contributed by atoms with Gasteiger partial charge in [-0.2, -0.15) is 9.29 Å². The highest BCUT2D eigenvalue weighted by Crippen LogP contribution is 2.38. The normalized spacial score (nSPS) is 19.8. The molecule has 2 aliphatic rings. The fourth-order valence-electron chi connectivity index (χ4n) is 3.23. The highest BCUT2D eigenvalue weighted by Gasteiger charge is 2.39. The van der Waals surface area contributed by atoms with Gasteiger partial charge in [-0.3, -0.25) is 0 Å². The molecule has 0 amide bonds. The zero-order valence-electron chi connectivity index (χ0n) is 14.0. The van der Waals surface area contributed by atoms with Crippen molar-refractivity contribution in [2.45, 2.75) is 42.5 Å². The molecule has 0 unspecified atom stereocenters. The highest BCUT2D eigenvalue weighted by atomic mass is 35.5. The van der Waals surface area contributed by atoms with Crippen LogP contribution in [0.4, 0.5) is 0 Å². The van der Waals surface area contributed by atoms with Crippen LogP contribution in [-0.4, -0.2) is 36.0 Å². The summed E-state index contributed by atoms with van der Waals surface area (Å²) in [4.78, 5) is 4.44. The molecule has 1 aliphatic heterocycles. The standard InChI is InChI=1S/C16H19ClN4O3S.ClH/c17-12-5-4-11(10-13(12)25(22,23)21-8-1-2-9-21)14-19-15(20-24-14)16(18)6-3-7-16;/h4-5,10H,1-3,6-9,18H2;1H. The summed E-state index contributed by atoms with van der Waals surface area (Å²) in [5, 5.41) is 4.16. The lowest BCUT2D eigenvalue weighted by molar-refractivity contribution is 0.229. The Kier molecular flexibility index (Phi) is 5.33. The van der Waals surface area contributed by atoms with E-state index in [9.17, 15) is 8.42 Å². The number of hydrogen-bond donors (Lipinski definition) is 1. The van der Waals surface area contributed by atoms with Crippen molar-refractivity contribution in [1.29, 1.82) is 0 Å².